The maximum atomic E-state index is 5.86. The van der Waals surface area contributed by atoms with E-state index >= 15 is 0 Å². The van der Waals surface area contributed by atoms with Gasteiger partial charge in [0, 0.05) is 22.8 Å². The van der Waals surface area contributed by atoms with Crippen LogP contribution in [0.3, 0.4) is 0 Å². The summed E-state index contributed by atoms with van der Waals surface area (Å²) in [7, 11) is 0. The van der Waals surface area contributed by atoms with Gasteiger partial charge in [0.15, 0.2) is 0 Å². The number of halogens is 1. The molecule has 19 heavy (non-hydrogen) atoms. The second-order valence-electron chi connectivity index (χ2n) is 4.23. The van der Waals surface area contributed by atoms with Gasteiger partial charge in [-0.3, -0.25) is 0 Å². The highest BCUT2D eigenvalue weighted by Gasteiger charge is 2.12. The van der Waals surface area contributed by atoms with Gasteiger partial charge in [0.2, 0.25) is 5.88 Å². The van der Waals surface area contributed by atoms with Crippen LogP contribution in [0, 0.1) is 0 Å². The Morgan fingerprint density at radius 1 is 1.26 bits per heavy atom. The van der Waals surface area contributed by atoms with Crippen LogP contribution in [-0.4, -0.2) is 11.5 Å². The number of hydrogen-bond acceptors (Lipinski definition) is 3. The lowest BCUT2D eigenvalue weighted by Crippen LogP contribution is -2.18. The van der Waals surface area contributed by atoms with E-state index in [-0.39, 0.29) is 6.04 Å². The van der Waals surface area contributed by atoms with E-state index in [1.165, 1.54) is 0 Å². The van der Waals surface area contributed by atoms with Crippen LogP contribution in [0.5, 0.6) is 11.6 Å². The van der Waals surface area contributed by atoms with E-state index in [4.69, 9.17) is 16.3 Å². The topological polar surface area (TPSA) is 34.2 Å². The summed E-state index contributed by atoms with van der Waals surface area (Å²) in [5.74, 6) is 1.35. The monoisotopic (exact) mass is 276 g/mol. The number of nitrogens with zero attached hydrogens (tertiary/aromatic N) is 1. The molecule has 100 valence electrons. The van der Waals surface area contributed by atoms with E-state index in [1.54, 1.807) is 18.3 Å². The molecule has 0 radical (unpaired) electrons. The Hall–Kier alpha value is -1.58. The van der Waals surface area contributed by atoms with Gasteiger partial charge in [0.1, 0.15) is 5.75 Å². The molecule has 3 nitrogen and oxygen atoms in total. The Balaban J connectivity index is 2.22. The van der Waals surface area contributed by atoms with Crippen molar-refractivity contribution in [1.82, 2.24) is 10.3 Å². The molecule has 0 aliphatic heterocycles. The number of aromatic nitrogens is 1. The quantitative estimate of drug-likeness (QED) is 0.889. The number of pyridine rings is 1. The smallest absolute Gasteiger partial charge is 0.223 e. The summed E-state index contributed by atoms with van der Waals surface area (Å²) in [5.41, 5.74) is 1.04. The predicted molar refractivity (Wildman–Crippen MR) is 77.9 cm³/mol. The molecule has 1 heterocycles. The zero-order valence-electron chi connectivity index (χ0n) is 11.1. The maximum absolute atomic E-state index is 5.86. The van der Waals surface area contributed by atoms with Gasteiger partial charge in [-0.05, 0) is 43.8 Å². The SMILES string of the molecule is CCNC(C)c1cccnc1Oc1ccc(Cl)cc1. The number of benzene rings is 1. The van der Waals surface area contributed by atoms with E-state index in [2.05, 4.69) is 24.1 Å². The van der Waals surface area contributed by atoms with Crippen molar-refractivity contribution in [1.29, 1.82) is 0 Å². The summed E-state index contributed by atoms with van der Waals surface area (Å²) < 4.78 is 5.82. The van der Waals surface area contributed by atoms with Gasteiger partial charge in [0.25, 0.3) is 0 Å². The third-order valence-corrected chi connectivity index (χ3v) is 3.06. The molecule has 0 fully saturated rings. The first-order chi connectivity index (χ1) is 9.20. The lowest BCUT2D eigenvalue weighted by molar-refractivity contribution is 0.444. The fourth-order valence-corrected chi connectivity index (χ4v) is 1.97. The van der Waals surface area contributed by atoms with Crippen molar-refractivity contribution in [2.75, 3.05) is 6.54 Å². The Bertz CT molecular complexity index is 528. The molecule has 0 aliphatic carbocycles. The Kier molecular flexibility index (Phi) is 4.77. The van der Waals surface area contributed by atoms with Crippen molar-refractivity contribution in [3.8, 4) is 11.6 Å². The van der Waals surface area contributed by atoms with Crippen molar-refractivity contribution < 1.29 is 4.74 Å². The molecule has 4 heteroatoms. The van der Waals surface area contributed by atoms with E-state index in [9.17, 15) is 0 Å². The molecule has 0 saturated heterocycles. The number of nitrogens with one attached hydrogen (secondary N) is 1. The first-order valence-electron chi connectivity index (χ1n) is 6.32. The average Bonchev–Trinajstić information content (AvgIpc) is 2.42. The number of rotatable bonds is 5. The molecule has 1 N–H and O–H groups in total. The van der Waals surface area contributed by atoms with E-state index in [0.717, 1.165) is 17.9 Å². The first kappa shape index (κ1) is 13.8. The van der Waals surface area contributed by atoms with E-state index in [1.807, 2.05) is 24.3 Å². The van der Waals surface area contributed by atoms with Gasteiger partial charge in [-0.1, -0.05) is 24.6 Å². The van der Waals surface area contributed by atoms with Crippen LogP contribution in [0.4, 0.5) is 0 Å². The minimum atomic E-state index is 0.195. The van der Waals surface area contributed by atoms with Crippen LogP contribution in [0.1, 0.15) is 25.5 Å². The second kappa shape index (κ2) is 6.55. The largest absolute Gasteiger partial charge is 0.439 e. The van der Waals surface area contributed by atoms with Gasteiger partial charge >= 0.3 is 0 Å². The zero-order valence-corrected chi connectivity index (χ0v) is 11.8. The van der Waals surface area contributed by atoms with Crippen molar-refractivity contribution in [3.05, 3.63) is 53.2 Å². The molecule has 0 bridgehead atoms. The molecular formula is C15H17ClN2O. The Morgan fingerprint density at radius 3 is 2.68 bits per heavy atom. The lowest BCUT2D eigenvalue weighted by Gasteiger charge is -2.16. The minimum absolute atomic E-state index is 0.195. The molecular weight excluding hydrogens is 260 g/mol. The van der Waals surface area contributed by atoms with Gasteiger partial charge in [0.05, 0.1) is 0 Å². The summed E-state index contributed by atoms with van der Waals surface area (Å²) in [6.07, 6.45) is 1.73. The lowest BCUT2D eigenvalue weighted by atomic mass is 10.1. The van der Waals surface area contributed by atoms with Crippen molar-refractivity contribution >= 4 is 11.6 Å². The highest BCUT2D eigenvalue weighted by molar-refractivity contribution is 6.30. The highest BCUT2D eigenvalue weighted by atomic mass is 35.5. The highest BCUT2D eigenvalue weighted by Crippen LogP contribution is 2.27. The molecule has 1 unspecified atom stereocenters. The van der Waals surface area contributed by atoms with Crippen LogP contribution < -0.4 is 10.1 Å². The zero-order chi connectivity index (χ0) is 13.7. The van der Waals surface area contributed by atoms with Crippen LogP contribution in [0.15, 0.2) is 42.6 Å². The van der Waals surface area contributed by atoms with Gasteiger partial charge < -0.3 is 10.1 Å². The average molecular weight is 277 g/mol. The fourth-order valence-electron chi connectivity index (χ4n) is 1.85. The van der Waals surface area contributed by atoms with Crippen LogP contribution >= 0.6 is 11.6 Å². The standard InChI is InChI=1S/C15H17ClN2O/c1-3-17-11(2)14-5-4-10-18-15(14)19-13-8-6-12(16)7-9-13/h4-11,17H,3H2,1-2H3. The number of ether oxygens (including phenoxy) is 1. The normalized spacial score (nSPS) is 12.2. The summed E-state index contributed by atoms with van der Waals surface area (Å²) in [5, 5.41) is 4.05. The molecule has 1 atom stereocenters. The number of hydrogen-bond donors (Lipinski definition) is 1. The molecule has 1 aromatic heterocycles. The molecule has 0 spiro atoms. The molecule has 2 aromatic rings. The molecule has 0 aliphatic rings. The second-order valence-corrected chi connectivity index (χ2v) is 4.67. The molecule has 0 saturated carbocycles. The van der Waals surface area contributed by atoms with Crippen molar-refractivity contribution in [3.63, 3.8) is 0 Å². The maximum Gasteiger partial charge on any atom is 0.223 e. The van der Waals surface area contributed by atoms with E-state index < -0.39 is 0 Å². The van der Waals surface area contributed by atoms with Gasteiger partial charge in [-0.2, -0.15) is 0 Å². The summed E-state index contributed by atoms with van der Waals surface area (Å²) in [4.78, 5) is 4.30. The Labute approximate surface area is 118 Å². The third-order valence-electron chi connectivity index (χ3n) is 2.81. The fraction of sp³-hybridized carbons (Fsp3) is 0.267. The molecule has 0 amide bonds. The van der Waals surface area contributed by atoms with Crippen molar-refractivity contribution in [2.45, 2.75) is 19.9 Å². The van der Waals surface area contributed by atoms with Gasteiger partial charge in [-0.15, -0.1) is 0 Å². The summed E-state index contributed by atoms with van der Waals surface area (Å²) in [6, 6.07) is 11.4. The van der Waals surface area contributed by atoms with Crippen LogP contribution in [0.2, 0.25) is 5.02 Å². The Morgan fingerprint density at radius 2 is 2.00 bits per heavy atom. The predicted octanol–water partition coefficient (Wildman–Crippen LogP) is 4.20. The van der Waals surface area contributed by atoms with Gasteiger partial charge in [-0.25, -0.2) is 4.98 Å². The first-order valence-corrected chi connectivity index (χ1v) is 6.70. The molecule has 1 aromatic carbocycles. The summed E-state index contributed by atoms with van der Waals surface area (Å²) in [6.45, 7) is 5.07. The van der Waals surface area contributed by atoms with Crippen LogP contribution in [0.25, 0.3) is 0 Å². The van der Waals surface area contributed by atoms with Crippen LogP contribution in [-0.2, 0) is 0 Å². The third kappa shape index (κ3) is 3.69. The minimum Gasteiger partial charge on any atom is -0.439 e. The molecule has 2 rings (SSSR count). The summed E-state index contributed by atoms with van der Waals surface area (Å²) >= 11 is 5.86. The van der Waals surface area contributed by atoms with Crippen molar-refractivity contribution in [2.24, 2.45) is 0 Å². The van der Waals surface area contributed by atoms with E-state index in [0.29, 0.717) is 10.9 Å².